The molecule has 0 saturated heterocycles. The molecule has 0 aliphatic rings. The number of hydrogen-bond donors (Lipinski definition) is 1. The molecule has 0 aliphatic carbocycles. The summed E-state index contributed by atoms with van der Waals surface area (Å²) < 4.78 is 32.3. The van der Waals surface area contributed by atoms with Crippen molar-refractivity contribution in [1.82, 2.24) is 9.29 Å². The van der Waals surface area contributed by atoms with Crippen molar-refractivity contribution in [1.29, 1.82) is 0 Å². The van der Waals surface area contributed by atoms with Gasteiger partial charge in [0.2, 0.25) is 10.0 Å². The van der Waals surface area contributed by atoms with Gasteiger partial charge in [0, 0.05) is 17.8 Å². The van der Waals surface area contributed by atoms with Crippen LogP contribution in [-0.4, -0.2) is 48.7 Å². The third kappa shape index (κ3) is 4.49. The minimum absolute atomic E-state index is 0.0304. The maximum atomic E-state index is 13.3. The van der Waals surface area contributed by atoms with E-state index in [1.54, 1.807) is 39.0 Å². The number of carbonyl (C=O) groups is 2. The standard InChI is InChI=1S/C21H26N2O5S/c1-6-13-23(29(26,27)17-11-9-8-10-12-17)16(5)20(24)18-14(3)19(22-15(18)4)21(25)28-7-2/h6,8-12,16,22H,1,7,13H2,2-5H3/t16-/m1/s1. The highest BCUT2D eigenvalue weighted by atomic mass is 32.2. The van der Waals surface area contributed by atoms with E-state index in [1.807, 2.05) is 0 Å². The topological polar surface area (TPSA) is 96.5 Å². The predicted molar refractivity (Wildman–Crippen MR) is 111 cm³/mol. The Kier molecular flexibility index (Phi) is 7.16. The number of H-pyrrole nitrogens is 1. The van der Waals surface area contributed by atoms with E-state index in [9.17, 15) is 18.0 Å². The third-order valence-electron chi connectivity index (χ3n) is 4.63. The number of rotatable bonds is 9. The average Bonchev–Trinajstić information content (AvgIpc) is 3.00. The minimum Gasteiger partial charge on any atom is -0.461 e. The number of esters is 1. The van der Waals surface area contributed by atoms with Crippen LogP contribution in [0.2, 0.25) is 0 Å². The number of aromatic amines is 1. The fourth-order valence-corrected chi connectivity index (χ4v) is 4.77. The van der Waals surface area contributed by atoms with Gasteiger partial charge in [-0.05, 0) is 45.4 Å². The molecule has 0 unspecified atom stereocenters. The molecule has 29 heavy (non-hydrogen) atoms. The molecule has 1 aromatic carbocycles. The fraction of sp³-hybridized carbons (Fsp3) is 0.333. The summed E-state index contributed by atoms with van der Waals surface area (Å²) in [6.45, 7) is 10.3. The first-order valence-corrected chi connectivity index (χ1v) is 10.7. The van der Waals surface area contributed by atoms with Gasteiger partial charge in [-0.3, -0.25) is 4.79 Å². The van der Waals surface area contributed by atoms with Gasteiger partial charge in [-0.25, -0.2) is 13.2 Å². The van der Waals surface area contributed by atoms with Gasteiger partial charge in [0.1, 0.15) is 5.69 Å². The van der Waals surface area contributed by atoms with Crippen LogP contribution in [0.3, 0.4) is 0 Å². The maximum absolute atomic E-state index is 13.3. The van der Waals surface area contributed by atoms with E-state index in [2.05, 4.69) is 11.6 Å². The Morgan fingerprint density at radius 3 is 2.41 bits per heavy atom. The number of aromatic nitrogens is 1. The van der Waals surface area contributed by atoms with Crippen LogP contribution in [-0.2, 0) is 14.8 Å². The fourth-order valence-electron chi connectivity index (χ4n) is 3.19. The number of sulfonamides is 1. The molecule has 2 aromatic rings. The van der Waals surface area contributed by atoms with Crippen molar-refractivity contribution in [3.63, 3.8) is 0 Å². The number of nitrogens with zero attached hydrogens (tertiary/aromatic N) is 1. The molecule has 1 N–H and O–H groups in total. The molecule has 7 nitrogen and oxygen atoms in total. The molecule has 156 valence electrons. The lowest BCUT2D eigenvalue weighted by Crippen LogP contribution is -2.43. The summed E-state index contributed by atoms with van der Waals surface area (Å²) in [4.78, 5) is 28.4. The minimum atomic E-state index is -3.92. The molecule has 0 radical (unpaired) electrons. The zero-order valence-corrected chi connectivity index (χ0v) is 17.9. The number of carbonyl (C=O) groups excluding carboxylic acids is 2. The Morgan fingerprint density at radius 2 is 1.86 bits per heavy atom. The monoisotopic (exact) mass is 418 g/mol. The van der Waals surface area contributed by atoms with E-state index < -0.39 is 27.8 Å². The molecule has 0 spiro atoms. The van der Waals surface area contributed by atoms with Crippen molar-refractivity contribution in [2.75, 3.05) is 13.2 Å². The second-order valence-corrected chi connectivity index (χ2v) is 8.45. The Bertz CT molecular complexity index is 1010. The van der Waals surface area contributed by atoms with Gasteiger partial charge < -0.3 is 9.72 Å². The Balaban J connectivity index is 2.46. The Labute approximate surface area is 171 Å². The zero-order valence-electron chi connectivity index (χ0n) is 17.1. The number of aryl methyl sites for hydroxylation is 1. The summed E-state index contributed by atoms with van der Waals surface area (Å²) in [5.41, 5.74) is 1.41. The van der Waals surface area contributed by atoms with Gasteiger partial charge in [0.25, 0.3) is 0 Å². The van der Waals surface area contributed by atoms with Crippen LogP contribution in [0.25, 0.3) is 0 Å². The number of Topliss-reactive ketones (excluding diaryl/α,β-unsaturated/α-hetero) is 1. The highest BCUT2D eigenvalue weighted by Gasteiger charge is 2.35. The van der Waals surface area contributed by atoms with Crippen LogP contribution >= 0.6 is 0 Å². The normalized spacial score (nSPS) is 12.6. The van der Waals surface area contributed by atoms with E-state index in [0.29, 0.717) is 11.3 Å². The first kappa shape index (κ1) is 22.6. The van der Waals surface area contributed by atoms with Gasteiger partial charge in [-0.1, -0.05) is 24.3 Å². The molecule has 1 atom stereocenters. The SMILES string of the molecule is C=CCN([C@H](C)C(=O)c1c(C)[nH]c(C(=O)OCC)c1C)S(=O)(=O)c1ccccc1. The molecular weight excluding hydrogens is 392 g/mol. The highest BCUT2D eigenvalue weighted by Crippen LogP contribution is 2.25. The third-order valence-corrected chi connectivity index (χ3v) is 6.58. The van der Waals surface area contributed by atoms with Crippen LogP contribution in [0.4, 0.5) is 0 Å². The first-order valence-electron chi connectivity index (χ1n) is 9.25. The van der Waals surface area contributed by atoms with E-state index >= 15 is 0 Å². The van der Waals surface area contributed by atoms with E-state index in [4.69, 9.17) is 4.74 Å². The van der Waals surface area contributed by atoms with E-state index in [-0.39, 0.29) is 29.3 Å². The molecule has 1 aromatic heterocycles. The van der Waals surface area contributed by atoms with Crippen molar-refractivity contribution in [2.45, 2.75) is 38.6 Å². The molecule has 0 amide bonds. The van der Waals surface area contributed by atoms with Crippen LogP contribution in [0.15, 0.2) is 47.9 Å². The first-order chi connectivity index (χ1) is 13.7. The van der Waals surface area contributed by atoms with Crippen LogP contribution in [0.5, 0.6) is 0 Å². The quantitative estimate of drug-likeness (QED) is 0.383. The van der Waals surface area contributed by atoms with Crippen molar-refractivity contribution in [3.8, 4) is 0 Å². The summed E-state index contributed by atoms with van der Waals surface area (Å²) in [5, 5.41) is 0. The number of benzene rings is 1. The number of ether oxygens (including phenoxy) is 1. The molecule has 2 rings (SSSR count). The maximum Gasteiger partial charge on any atom is 0.355 e. The second-order valence-electron chi connectivity index (χ2n) is 6.56. The van der Waals surface area contributed by atoms with Crippen molar-refractivity contribution < 1.29 is 22.7 Å². The second kappa shape index (κ2) is 9.19. The molecule has 8 heteroatoms. The summed E-state index contributed by atoms with van der Waals surface area (Å²) in [6, 6.07) is 6.92. The number of hydrogen-bond acceptors (Lipinski definition) is 5. The smallest absolute Gasteiger partial charge is 0.355 e. The van der Waals surface area contributed by atoms with E-state index in [1.165, 1.54) is 25.1 Å². The molecule has 1 heterocycles. The summed E-state index contributed by atoms with van der Waals surface area (Å²) in [7, 11) is -3.92. The lowest BCUT2D eigenvalue weighted by molar-refractivity contribution is 0.0519. The van der Waals surface area contributed by atoms with Crippen LogP contribution in [0.1, 0.15) is 46.0 Å². The van der Waals surface area contributed by atoms with E-state index in [0.717, 1.165) is 4.31 Å². The average molecular weight is 419 g/mol. The zero-order chi connectivity index (χ0) is 21.8. The Morgan fingerprint density at radius 1 is 1.24 bits per heavy atom. The number of ketones is 1. The lowest BCUT2D eigenvalue weighted by Gasteiger charge is -2.26. The molecule has 0 bridgehead atoms. The van der Waals surface area contributed by atoms with Gasteiger partial charge >= 0.3 is 5.97 Å². The summed E-state index contributed by atoms with van der Waals surface area (Å²) in [5.74, 6) is -0.965. The summed E-state index contributed by atoms with van der Waals surface area (Å²) >= 11 is 0. The Hall–Kier alpha value is -2.71. The molecule has 0 aliphatic heterocycles. The predicted octanol–water partition coefficient (Wildman–Crippen LogP) is 3.26. The van der Waals surface area contributed by atoms with Crippen LogP contribution in [0, 0.1) is 13.8 Å². The number of nitrogens with one attached hydrogen (secondary N) is 1. The van der Waals surface area contributed by atoms with Crippen LogP contribution < -0.4 is 0 Å². The van der Waals surface area contributed by atoms with Gasteiger partial charge in [0.05, 0.1) is 17.5 Å². The largest absolute Gasteiger partial charge is 0.461 e. The molecule has 0 saturated carbocycles. The van der Waals surface area contributed by atoms with Crippen molar-refractivity contribution in [3.05, 3.63) is 65.5 Å². The van der Waals surface area contributed by atoms with Gasteiger partial charge in [-0.15, -0.1) is 6.58 Å². The van der Waals surface area contributed by atoms with Gasteiger partial charge in [-0.2, -0.15) is 4.31 Å². The van der Waals surface area contributed by atoms with Gasteiger partial charge in [0.15, 0.2) is 5.78 Å². The highest BCUT2D eigenvalue weighted by molar-refractivity contribution is 7.89. The lowest BCUT2D eigenvalue weighted by atomic mass is 10.0. The molecule has 0 fully saturated rings. The molecular formula is C21H26N2O5S. The summed E-state index contributed by atoms with van der Waals surface area (Å²) in [6.07, 6.45) is 1.44. The van der Waals surface area contributed by atoms with Crippen molar-refractivity contribution in [2.24, 2.45) is 0 Å². The van der Waals surface area contributed by atoms with Crippen molar-refractivity contribution >= 4 is 21.8 Å².